The molecule has 0 aromatic carbocycles. The number of anilines is 1. The molecule has 1 heterocycles. The second-order valence-corrected chi connectivity index (χ2v) is 5.97. The first-order valence-electron chi connectivity index (χ1n) is 7.30. The van der Waals surface area contributed by atoms with Gasteiger partial charge in [-0.25, -0.2) is 0 Å². The summed E-state index contributed by atoms with van der Waals surface area (Å²) in [7, 11) is 0. The van der Waals surface area contributed by atoms with Gasteiger partial charge < -0.3 is 16.8 Å². The van der Waals surface area contributed by atoms with E-state index in [0.29, 0.717) is 12.4 Å². The number of nitrogens with two attached hydrogens (primary N) is 2. The molecule has 0 radical (unpaired) electrons. The third-order valence-corrected chi connectivity index (χ3v) is 4.05. The topological polar surface area (TPSA) is 116 Å². The molecule has 2 amide bonds. The van der Waals surface area contributed by atoms with E-state index in [4.69, 9.17) is 11.5 Å². The quantitative estimate of drug-likeness (QED) is 0.747. The van der Waals surface area contributed by atoms with Gasteiger partial charge in [0.25, 0.3) is 0 Å². The maximum absolute atomic E-state index is 12.3. The summed E-state index contributed by atoms with van der Waals surface area (Å²) in [6.07, 6.45) is 5.69. The summed E-state index contributed by atoms with van der Waals surface area (Å²) in [5.41, 5.74) is 10.9. The summed E-state index contributed by atoms with van der Waals surface area (Å²) >= 11 is 0. The summed E-state index contributed by atoms with van der Waals surface area (Å²) < 4.78 is 1.59. The number of aryl methyl sites for hydroxylation is 1. The van der Waals surface area contributed by atoms with Crippen LogP contribution in [-0.4, -0.2) is 27.1 Å². The predicted octanol–water partition coefficient (Wildman–Crippen LogP) is 1.03. The van der Waals surface area contributed by atoms with Crippen LogP contribution in [0.25, 0.3) is 0 Å². The van der Waals surface area contributed by atoms with Crippen molar-refractivity contribution in [2.75, 3.05) is 5.32 Å². The van der Waals surface area contributed by atoms with E-state index >= 15 is 0 Å². The smallest absolute Gasteiger partial charge is 0.230 e. The molecule has 1 aliphatic carbocycles. The number of hydrogen-bond acceptors (Lipinski definition) is 4. The van der Waals surface area contributed by atoms with E-state index in [1.165, 1.54) is 0 Å². The number of nitrogens with one attached hydrogen (secondary N) is 1. The lowest BCUT2D eigenvalue weighted by atomic mass is 9.74. The van der Waals surface area contributed by atoms with Crippen LogP contribution >= 0.6 is 12.4 Å². The molecule has 7 nitrogen and oxygen atoms in total. The van der Waals surface area contributed by atoms with Crippen LogP contribution in [0, 0.1) is 5.92 Å². The number of hydrogen-bond donors (Lipinski definition) is 3. The van der Waals surface area contributed by atoms with E-state index < -0.39 is 5.54 Å². The van der Waals surface area contributed by atoms with Crippen LogP contribution in [0.2, 0.25) is 0 Å². The van der Waals surface area contributed by atoms with Gasteiger partial charge >= 0.3 is 0 Å². The number of nitrogens with zero attached hydrogens (tertiary/aromatic N) is 2. The van der Waals surface area contributed by atoms with E-state index in [1.54, 1.807) is 16.9 Å². The fourth-order valence-corrected chi connectivity index (χ4v) is 2.78. The molecule has 124 valence electrons. The molecule has 0 saturated heterocycles. The van der Waals surface area contributed by atoms with E-state index in [0.717, 1.165) is 25.7 Å². The van der Waals surface area contributed by atoms with Gasteiger partial charge in [-0.05, 0) is 19.8 Å². The van der Waals surface area contributed by atoms with Crippen LogP contribution in [0.3, 0.4) is 0 Å². The number of amides is 2. The Morgan fingerprint density at radius 3 is 2.86 bits per heavy atom. The average Bonchev–Trinajstić information content (AvgIpc) is 2.83. The Morgan fingerprint density at radius 2 is 2.23 bits per heavy atom. The number of rotatable bonds is 5. The summed E-state index contributed by atoms with van der Waals surface area (Å²) in [6, 6.07) is 1.70. The number of carbonyl (C=O) groups excluding carboxylic acids is 2. The van der Waals surface area contributed by atoms with Gasteiger partial charge in [-0.2, -0.15) is 5.10 Å². The molecule has 8 heteroatoms. The molecular weight excluding hydrogens is 306 g/mol. The Balaban J connectivity index is 0.00000242. The molecule has 1 aliphatic rings. The fourth-order valence-electron chi connectivity index (χ4n) is 2.78. The first-order valence-corrected chi connectivity index (χ1v) is 7.30. The first kappa shape index (κ1) is 18.4. The Labute approximate surface area is 136 Å². The third-order valence-electron chi connectivity index (χ3n) is 4.05. The highest BCUT2D eigenvalue weighted by atomic mass is 35.5. The van der Waals surface area contributed by atoms with E-state index in [1.807, 2.05) is 6.92 Å². The van der Waals surface area contributed by atoms with Crippen molar-refractivity contribution in [3.8, 4) is 0 Å². The zero-order chi connectivity index (χ0) is 15.5. The molecule has 0 bridgehead atoms. The lowest BCUT2D eigenvalue weighted by molar-refractivity contribution is -0.123. The summed E-state index contributed by atoms with van der Waals surface area (Å²) in [6.45, 7) is 2.34. The van der Waals surface area contributed by atoms with Crippen LogP contribution in [0.15, 0.2) is 12.3 Å². The van der Waals surface area contributed by atoms with Crippen LogP contribution in [0.5, 0.6) is 0 Å². The minimum Gasteiger partial charge on any atom is -0.370 e. The largest absolute Gasteiger partial charge is 0.370 e. The standard InChI is InChI=1S/C14H23N5O2.ClH/c1-14(16)7-3-2-4-10(14)13(21)17-12-6-9-19(18-12)8-5-11(15)20;/h6,9-10H,2-5,7-8,16H2,1H3,(H2,15,20)(H,17,18,21);1H. The molecule has 0 spiro atoms. The molecule has 2 unspecified atom stereocenters. The molecule has 22 heavy (non-hydrogen) atoms. The third kappa shape index (κ3) is 4.71. The van der Waals surface area contributed by atoms with Crippen LogP contribution in [0.4, 0.5) is 5.82 Å². The maximum Gasteiger partial charge on any atom is 0.230 e. The van der Waals surface area contributed by atoms with Crippen LogP contribution in [0.1, 0.15) is 39.0 Å². The molecule has 5 N–H and O–H groups in total. The molecule has 1 fully saturated rings. The Bertz CT molecular complexity index is 529. The summed E-state index contributed by atoms with van der Waals surface area (Å²) in [5.74, 6) is -0.176. The van der Waals surface area contributed by atoms with Gasteiger partial charge in [-0.3, -0.25) is 14.3 Å². The van der Waals surface area contributed by atoms with Crippen molar-refractivity contribution >= 4 is 30.0 Å². The average molecular weight is 330 g/mol. The van der Waals surface area contributed by atoms with Crippen molar-refractivity contribution in [3.05, 3.63) is 12.3 Å². The van der Waals surface area contributed by atoms with Crippen molar-refractivity contribution in [2.45, 2.75) is 51.1 Å². The van der Waals surface area contributed by atoms with Crippen LogP contribution in [-0.2, 0) is 16.1 Å². The highest BCUT2D eigenvalue weighted by molar-refractivity contribution is 5.92. The zero-order valence-corrected chi connectivity index (χ0v) is 13.6. The van der Waals surface area contributed by atoms with Gasteiger partial charge in [0.05, 0.1) is 5.92 Å². The molecule has 1 saturated carbocycles. The lowest BCUT2D eigenvalue weighted by Gasteiger charge is -2.37. The number of carbonyl (C=O) groups is 2. The van der Waals surface area contributed by atoms with Gasteiger partial charge in [0.1, 0.15) is 0 Å². The van der Waals surface area contributed by atoms with Crippen molar-refractivity contribution in [3.63, 3.8) is 0 Å². The van der Waals surface area contributed by atoms with Gasteiger partial charge in [-0.15, -0.1) is 12.4 Å². The number of primary amides is 1. The lowest BCUT2D eigenvalue weighted by Crippen LogP contribution is -2.51. The highest BCUT2D eigenvalue weighted by Crippen LogP contribution is 2.32. The second kappa shape index (κ2) is 7.60. The molecule has 2 atom stereocenters. The number of halogens is 1. The van der Waals surface area contributed by atoms with E-state index in [9.17, 15) is 9.59 Å². The molecular formula is C14H24ClN5O2. The maximum atomic E-state index is 12.3. The molecule has 2 rings (SSSR count). The number of aromatic nitrogens is 2. The van der Waals surface area contributed by atoms with E-state index in [-0.39, 0.29) is 36.6 Å². The highest BCUT2D eigenvalue weighted by Gasteiger charge is 2.37. The monoisotopic (exact) mass is 329 g/mol. The predicted molar refractivity (Wildman–Crippen MR) is 86.5 cm³/mol. The molecule has 1 aromatic rings. The van der Waals surface area contributed by atoms with Crippen molar-refractivity contribution < 1.29 is 9.59 Å². The van der Waals surface area contributed by atoms with Gasteiger partial charge in [0.2, 0.25) is 11.8 Å². The fraction of sp³-hybridized carbons (Fsp3) is 0.643. The summed E-state index contributed by atoms with van der Waals surface area (Å²) in [5, 5.41) is 7.01. The van der Waals surface area contributed by atoms with Crippen molar-refractivity contribution in [1.82, 2.24) is 9.78 Å². The van der Waals surface area contributed by atoms with Crippen molar-refractivity contribution in [2.24, 2.45) is 17.4 Å². The molecule has 0 aliphatic heterocycles. The van der Waals surface area contributed by atoms with Crippen LogP contribution < -0.4 is 16.8 Å². The van der Waals surface area contributed by atoms with Gasteiger partial charge in [-0.1, -0.05) is 12.8 Å². The van der Waals surface area contributed by atoms with Crippen molar-refractivity contribution in [1.29, 1.82) is 0 Å². The normalized spacial score (nSPS) is 24.4. The summed E-state index contributed by atoms with van der Waals surface area (Å²) in [4.78, 5) is 23.1. The Hall–Kier alpha value is -1.60. The van der Waals surface area contributed by atoms with Gasteiger partial charge in [0, 0.05) is 30.8 Å². The minimum absolute atomic E-state index is 0. The minimum atomic E-state index is -0.461. The molecule has 1 aromatic heterocycles. The first-order chi connectivity index (χ1) is 9.88. The zero-order valence-electron chi connectivity index (χ0n) is 12.7. The van der Waals surface area contributed by atoms with E-state index in [2.05, 4.69) is 10.4 Å². The Morgan fingerprint density at radius 1 is 1.50 bits per heavy atom. The SMILES string of the molecule is CC1(N)CCCCC1C(=O)Nc1ccn(CCC(N)=O)n1.Cl. The Kier molecular flexibility index (Phi) is 6.37. The van der Waals surface area contributed by atoms with Gasteiger partial charge in [0.15, 0.2) is 5.82 Å². The second-order valence-electron chi connectivity index (χ2n) is 5.97.